The fourth-order valence-electron chi connectivity index (χ4n) is 4.07. The van der Waals surface area contributed by atoms with Crippen molar-refractivity contribution in [1.29, 1.82) is 0 Å². The minimum absolute atomic E-state index is 0.0820. The third-order valence-corrected chi connectivity index (χ3v) is 5.61. The first-order valence-electron chi connectivity index (χ1n) is 10.3. The number of likely N-dealkylation sites (tertiary alicyclic amines) is 2. The zero-order valence-electron chi connectivity index (χ0n) is 15.9. The maximum atomic E-state index is 12.5. The number of unbranched alkanes of at least 4 members (excludes halogenated alkanes) is 1. The van der Waals surface area contributed by atoms with E-state index in [1.807, 2.05) is 11.0 Å². The van der Waals surface area contributed by atoms with E-state index in [2.05, 4.69) is 20.2 Å². The summed E-state index contributed by atoms with van der Waals surface area (Å²) in [6.45, 7) is 6.07. The van der Waals surface area contributed by atoms with E-state index < -0.39 is 0 Å². The molecule has 3 heterocycles. The first kappa shape index (κ1) is 19.1. The molecule has 26 heavy (non-hydrogen) atoms. The molecule has 1 aromatic rings. The van der Waals surface area contributed by atoms with Gasteiger partial charge in [-0.3, -0.25) is 0 Å². The predicted octanol–water partition coefficient (Wildman–Crippen LogP) is 3.02. The van der Waals surface area contributed by atoms with Crippen LogP contribution in [0.15, 0.2) is 18.6 Å². The second-order valence-corrected chi connectivity index (χ2v) is 7.61. The van der Waals surface area contributed by atoms with E-state index in [1.54, 1.807) is 12.5 Å². The highest BCUT2D eigenvalue weighted by atomic mass is 16.2. The molecule has 1 N–H and O–H groups in total. The number of nitrogens with one attached hydrogen (secondary N) is 1. The van der Waals surface area contributed by atoms with Gasteiger partial charge < -0.3 is 15.1 Å². The van der Waals surface area contributed by atoms with Gasteiger partial charge in [-0.05, 0) is 64.2 Å². The Bertz CT molecular complexity index is 530. The minimum Gasteiger partial charge on any atom is -0.338 e. The molecule has 0 spiro atoms. The Kier molecular flexibility index (Phi) is 7.67. The molecular formula is C20H33N5O. The van der Waals surface area contributed by atoms with Crippen LogP contribution in [0.4, 0.5) is 4.79 Å². The average Bonchev–Trinajstić information content (AvgIpc) is 2.97. The number of amides is 2. The zero-order valence-corrected chi connectivity index (χ0v) is 15.9. The molecule has 0 aromatic carbocycles. The summed E-state index contributed by atoms with van der Waals surface area (Å²) in [6.07, 6.45) is 13.2. The molecule has 0 bridgehead atoms. The summed E-state index contributed by atoms with van der Waals surface area (Å²) < 4.78 is 0. The maximum absolute atomic E-state index is 12.5. The molecular weight excluding hydrogens is 326 g/mol. The Balaban J connectivity index is 1.33. The molecule has 3 rings (SSSR count). The van der Waals surface area contributed by atoms with Crippen molar-refractivity contribution in [3.63, 3.8) is 0 Å². The number of aromatic nitrogens is 2. The lowest BCUT2D eigenvalue weighted by atomic mass is 9.95. The van der Waals surface area contributed by atoms with Gasteiger partial charge in [0.25, 0.3) is 0 Å². The molecule has 2 aliphatic heterocycles. The van der Waals surface area contributed by atoms with Crippen molar-refractivity contribution in [3.8, 4) is 0 Å². The van der Waals surface area contributed by atoms with Crippen LogP contribution in [0.25, 0.3) is 0 Å². The second-order valence-electron chi connectivity index (χ2n) is 7.61. The van der Waals surface area contributed by atoms with Crippen LogP contribution in [-0.2, 0) is 0 Å². The number of rotatable bonds is 6. The molecule has 6 heteroatoms. The van der Waals surface area contributed by atoms with E-state index in [9.17, 15) is 4.79 Å². The molecule has 6 nitrogen and oxygen atoms in total. The van der Waals surface area contributed by atoms with Crippen LogP contribution in [-0.4, -0.2) is 65.1 Å². The topological polar surface area (TPSA) is 61.4 Å². The molecule has 144 valence electrons. The lowest BCUT2D eigenvalue weighted by Crippen LogP contribution is -2.45. The van der Waals surface area contributed by atoms with E-state index >= 15 is 0 Å². The lowest BCUT2D eigenvalue weighted by Gasteiger charge is -2.32. The monoisotopic (exact) mass is 359 g/mol. The van der Waals surface area contributed by atoms with Gasteiger partial charge in [-0.25, -0.2) is 14.8 Å². The van der Waals surface area contributed by atoms with E-state index in [0.29, 0.717) is 5.92 Å². The van der Waals surface area contributed by atoms with Crippen molar-refractivity contribution in [2.75, 3.05) is 39.3 Å². The summed E-state index contributed by atoms with van der Waals surface area (Å²) in [5, 5.41) is 3.11. The van der Waals surface area contributed by atoms with Gasteiger partial charge in [0.2, 0.25) is 0 Å². The summed E-state index contributed by atoms with van der Waals surface area (Å²) in [5.41, 5.74) is 1.05. The smallest absolute Gasteiger partial charge is 0.317 e. The third-order valence-electron chi connectivity index (χ3n) is 5.61. The number of hydrogen-bond acceptors (Lipinski definition) is 4. The molecule has 1 aromatic heterocycles. The number of carbonyl (C=O) groups excluding carboxylic acids is 1. The Morgan fingerprint density at radius 1 is 1.12 bits per heavy atom. The molecule has 2 saturated heterocycles. The van der Waals surface area contributed by atoms with Crippen molar-refractivity contribution in [2.24, 2.45) is 0 Å². The molecule has 2 amide bonds. The number of hydrogen-bond donors (Lipinski definition) is 1. The van der Waals surface area contributed by atoms with E-state index in [4.69, 9.17) is 0 Å². The minimum atomic E-state index is 0.0820. The van der Waals surface area contributed by atoms with Crippen LogP contribution in [0, 0.1) is 0 Å². The van der Waals surface area contributed by atoms with Gasteiger partial charge in [0, 0.05) is 37.4 Å². The maximum Gasteiger partial charge on any atom is 0.317 e. The highest BCUT2D eigenvalue weighted by molar-refractivity contribution is 5.74. The number of nitrogens with zero attached hydrogens (tertiary/aromatic N) is 4. The zero-order chi connectivity index (χ0) is 18.0. The average molecular weight is 360 g/mol. The fourth-order valence-corrected chi connectivity index (χ4v) is 4.07. The summed E-state index contributed by atoms with van der Waals surface area (Å²) in [6, 6.07) is 2.05. The van der Waals surface area contributed by atoms with Gasteiger partial charge in [-0.2, -0.15) is 0 Å². The molecule has 0 saturated carbocycles. The van der Waals surface area contributed by atoms with E-state index in [-0.39, 0.29) is 6.03 Å². The standard InChI is InChI=1S/C20H33N5O/c26-20(22-10-3-6-14-24-12-4-1-2-5-13-24)25-15-7-8-18(16-25)19-9-11-21-17-23-19/h9,11,17-18H,1-8,10,12-16H2,(H,22,26)/t18-/m0/s1. The Hall–Kier alpha value is -1.69. The van der Waals surface area contributed by atoms with Crippen LogP contribution >= 0.6 is 0 Å². The molecule has 0 aliphatic carbocycles. The Labute approximate surface area is 157 Å². The van der Waals surface area contributed by atoms with Gasteiger partial charge in [-0.15, -0.1) is 0 Å². The number of piperidine rings is 1. The van der Waals surface area contributed by atoms with Crippen molar-refractivity contribution in [1.82, 2.24) is 25.1 Å². The largest absolute Gasteiger partial charge is 0.338 e. The first-order chi connectivity index (χ1) is 12.8. The molecule has 0 unspecified atom stereocenters. The molecule has 0 radical (unpaired) electrons. The van der Waals surface area contributed by atoms with Gasteiger partial charge >= 0.3 is 6.03 Å². The van der Waals surface area contributed by atoms with Crippen LogP contribution in [0.1, 0.15) is 63.0 Å². The summed E-state index contributed by atoms with van der Waals surface area (Å²) in [5.74, 6) is 0.334. The first-order valence-corrected chi connectivity index (χ1v) is 10.3. The normalized spacial score (nSPS) is 22.0. The summed E-state index contributed by atoms with van der Waals surface area (Å²) >= 11 is 0. The highest BCUT2D eigenvalue weighted by Crippen LogP contribution is 2.24. The van der Waals surface area contributed by atoms with Crippen molar-refractivity contribution < 1.29 is 4.79 Å². The molecule has 1 atom stereocenters. The second kappa shape index (κ2) is 10.5. The van der Waals surface area contributed by atoms with Crippen molar-refractivity contribution in [2.45, 2.75) is 57.3 Å². The summed E-state index contributed by atoms with van der Waals surface area (Å²) in [4.78, 5) is 25.3. The van der Waals surface area contributed by atoms with Crippen LogP contribution in [0.5, 0.6) is 0 Å². The fraction of sp³-hybridized carbons (Fsp3) is 0.750. The number of urea groups is 1. The van der Waals surface area contributed by atoms with Crippen LogP contribution in [0.3, 0.4) is 0 Å². The lowest BCUT2D eigenvalue weighted by molar-refractivity contribution is 0.178. The SMILES string of the molecule is O=C(NCCCCN1CCCCCC1)N1CCC[C@H](c2ccncn2)C1. The van der Waals surface area contributed by atoms with Gasteiger partial charge in [0.1, 0.15) is 6.33 Å². The quantitative estimate of drug-likeness (QED) is 0.793. The molecule has 2 fully saturated rings. The Morgan fingerprint density at radius 2 is 1.96 bits per heavy atom. The highest BCUT2D eigenvalue weighted by Gasteiger charge is 2.25. The predicted molar refractivity (Wildman–Crippen MR) is 103 cm³/mol. The van der Waals surface area contributed by atoms with Gasteiger partial charge in [-0.1, -0.05) is 12.8 Å². The number of carbonyl (C=O) groups is 1. The molecule has 2 aliphatic rings. The van der Waals surface area contributed by atoms with E-state index in [0.717, 1.165) is 44.6 Å². The summed E-state index contributed by atoms with van der Waals surface area (Å²) in [7, 11) is 0. The van der Waals surface area contributed by atoms with Gasteiger partial charge in [0.05, 0.1) is 0 Å². The van der Waals surface area contributed by atoms with Crippen LogP contribution in [0.2, 0.25) is 0 Å². The van der Waals surface area contributed by atoms with Crippen molar-refractivity contribution >= 4 is 6.03 Å². The Morgan fingerprint density at radius 3 is 2.73 bits per heavy atom. The van der Waals surface area contributed by atoms with Crippen LogP contribution < -0.4 is 5.32 Å². The van der Waals surface area contributed by atoms with Gasteiger partial charge in [0.15, 0.2) is 0 Å². The van der Waals surface area contributed by atoms with E-state index in [1.165, 1.54) is 51.7 Å². The van der Waals surface area contributed by atoms with Crippen molar-refractivity contribution in [3.05, 3.63) is 24.3 Å². The third kappa shape index (κ3) is 5.94.